The summed E-state index contributed by atoms with van der Waals surface area (Å²) >= 11 is 7.56. The van der Waals surface area contributed by atoms with Gasteiger partial charge < -0.3 is 0 Å². The van der Waals surface area contributed by atoms with E-state index in [9.17, 15) is 5.26 Å². The van der Waals surface area contributed by atoms with Gasteiger partial charge in [-0.15, -0.1) is 11.8 Å². The highest BCUT2D eigenvalue weighted by Gasteiger charge is 2.46. The molecule has 1 saturated carbocycles. The maximum absolute atomic E-state index is 9.52. The molecule has 1 aliphatic rings. The zero-order chi connectivity index (χ0) is 14.0. The lowest BCUT2D eigenvalue weighted by molar-refractivity contribution is 0.368. The Hall–Kier alpha value is -1.43. The second-order valence-electron chi connectivity index (χ2n) is 5.18. The molecule has 0 radical (unpaired) electrons. The van der Waals surface area contributed by atoms with Gasteiger partial charge in [0.05, 0.1) is 6.07 Å². The average Bonchev–Trinajstić information content (AvgIpc) is 2.45. The molecular formula is C17H14ClNS. The molecule has 1 nitrogen and oxygen atoms in total. The van der Waals surface area contributed by atoms with E-state index in [1.165, 1.54) is 5.56 Å². The van der Waals surface area contributed by atoms with Gasteiger partial charge in [0.1, 0.15) is 4.75 Å². The minimum absolute atomic E-state index is 0.283. The fourth-order valence-electron chi connectivity index (χ4n) is 2.62. The minimum Gasteiger partial charge on any atom is -0.197 e. The SMILES string of the molecule is N#CC1(Sc2ccc(Cl)cc2)CC(c2ccccc2)C1. The Bertz CT molecular complexity index is 624. The van der Waals surface area contributed by atoms with Crippen LogP contribution in [0, 0.1) is 11.3 Å². The number of nitrogens with zero attached hydrogens (tertiary/aromatic N) is 1. The van der Waals surface area contributed by atoms with Crippen molar-refractivity contribution in [1.29, 1.82) is 5.26 Å². The molecule has 0 N–H and O–H groups in total. The summed E-state index contributed by atoms with van der Waals surface area (Å²) in [6, 6.07) is 20.7. The first-order valence-corrected chi connectivity index (χ1v) is 7.81. The van der Waals surface area contributed by atoms with Crippen LogP contribution < -0.4 is 0 Å². The third-order valence-corrected chi connectivity index (χ3v) is 5.33. The fraction of sp³-hybridized carbons (Fsp3) is 0.235. The Morgan fingerprint density at radius 2 is 1.70 bits per heavy atom. The van der Waals surface area contributed by atoms with Crippen LogP contribution in [0.4, 0.5) is 0 Å². The Labute approximate surface area is 128 Å². The first kappa shape index (κ1) is 13.5. The standard InChI is InChI=1S/C17H14ClNS/c18-15-6-8-16(9-7-15)20-17(12-19)10-14(11-17)13-4-2-1-3-5-13/h1-9,14H,10-11H2. The van der Waals surface area contributed by atoms with Crippen molar-refractivity contribution in [2.24, 2.45) is 0 Å². The third-order valence-electron chi connectivity index (χ3n) is 3.75. The van der Waals surface area contributed by atoms with E-state index in [4.69, 9.17) is 11.6 Å². The summed E-state index contributed by atoms with van der Waals surface area (Å²) in [6.07, 6.45) is 1.83. The van der Waals surface area contributed by atoms with Gasteiger partial charge in [-0.25, -0.2) is 0 Å². The van der Waals surface area contributed by atoms with Crippen LogP contribution in [0.3, 0.4) is 0 Å². The molecule has 0 heterocycles. The predicted octanol–water partition coefficient (Wildman–Crippen LogP) is 5.27. The van der Waals surface area contributed by atoms with Crippen molar-refractivity contribution in [2.45, 2.75) is 28.4 Å². The second kappa shape index (κ2) is 5.52. The summed E-state index contributed by atoms with van der Waals surface area (Å²) in [4.78, 5) is 1.11. The lowest BCUT2D eigenvalue weighted by atomic mass is 9.71. The van der Waals surface area contributed by atoms with Gasteiger partial charge in [-0.2, -0.15) is 5.26 Å². The number of hydrogen-bond acceptors (Lipinski definition) is 2. The normalized spacial score (nSPS) is 24.7. The highest BCUT2D eigenvalue weighted by molar-refractivity contribution is 8.01. The highest BCUT2D eigenvalue weighted by atomic mass is 35.5. The van der Waals surface area contributed by atoms with Gasteiger partial charge in [-0.3, -0.25) is 0 Å². The molecule has 1 fully saturated rings. The maximum Gasteiger partial charge on any atom is 0.108 e. The van der Waals surface area contributed by atoms with E-state index in [1.807, 2.05) is 30.3 Å². The Balaban J connectivity index is 1.70. The number of benzene rings is 2. The summed E-state index contributed by atoms with van der Waals surface area (Å²) < 4.78 is -0.283. The molecule has 2 aromatic carbocycles. The summed E-state index contributed by atoms with van der Waals surface area (Å²) in [6.45, 7) is 0. The van der Waals surface area contributed by atoms with Crippen LogP contribution in [-0.2, 0) is 0 Å². The zero-order valence-corrected chi connectivity index (χ0v) is 12.5. The molecule has 0 aromatic heterocycles. The molecule has 0 spiro atoms. The van der Waals surface area contributed by atoms with E-state index in [0.717, 1.165) is 22.8 Å². The maximum atomic E-state index is 9.52. The molecule has 0 unspecified atom stereocenters. The van der Waals surface area contributed by atoms with Crippen LogP contribution in [0.1, 0.15) is 24.3 Å². The van der Waals surface area contributed by atoms with E-state index < -0.39 is 0 Å². The van der Waals surface area contributed by atoms with Crippen LogP contribution in [0.15, 0.2) is 59.5 Å². The molecule has 100 valence electrons. The van der Waals surface area contributed by atoms with Crippen molar-refractivity contribution < 1.29 is 0 Å². The molecule has 0 bridgehead atoms. The van der Waals surface area contributed by atoms with Crippen molar-refractivity contribution in [1.82, 2.24) is 0 Å². The van der Waals surface area contributed by atoms with Crippen molar-refractivity contribution in [2.75, 3.05) is 0 Å². The van der Waals surface area contributed by atoms with E-state index in [2.05, 4.69) is 30.3 Å². The van der Waals surface area contributed by atoms with Gasteiger partial charge in [0.2, 0.25) is 0 Å². The second-order valence-corrected chi connectivity index (χ2v) is 7.07. The minimum atomic E-state index is -0.283. The molecule has 0 saturated heterocycles. The first-order chi connectivity index (χ1) is 9.71. The lowest BCUT2D eigenvalue weighted by Crippen LogP contribution is -2.38. The van der Waals surface area contributed by atoms with Crippen molar-refractivity contribution in [3.63, 3.8) is 0 Å². The molecular weight excluding hydrogens is 286 g/mol. The monoisotopic (exact) mass is 299 g/mol. The molecule has 20 heavy (non-hydrogen) atoms. The van der Waals surface area contributed by atoms with Crippen LogP contribution >= 0.6 is 23.4 Å². The third kappa shape index (κ3) is 2.70. The fourth-order valence-corrected chi connectivity index (χ4v) is 4.09. The highest BCUT2D eigenvalue weighted by Crippen LogP contribution is 2.54. The molecule has 3 rings (SSSR count). The van der Waals surface area contributed by atoms with Crippen LogP contribution in [0.5, 0.6) is 0 Å². The van der Waals surface area contributed by atoms with E-state index >= 15 is 0 Å². The summed E-state index contributed by atoms with van der Waals surface area (Å²) in [7, 11) is 0. The molecule has 0 amide bonds. The smallest absolute Gasteiger partial charge is 0.108 e. The summed E-state index contributed by atoms with van der Waals surface area (Å²) in [5.41, 5.74) is 1.34. The van der Waals surface area contributed by atoms with Gasteiger partial charge in [0.15, 0.2) is 0 Å². The number of rotatable bonds is 3. The molecule has 0 atom stereocenters. The summed E-state index contributed by atoms with van der Waals surface area (Å²) in [5, 5.41) is 10.3. The van der Waals surface area contributed by atoms with Crippen molar-refractivity contribution in [3.05, 3.63) is 65.2 Å². The van der Waals surface area contributed by atoms with Gasteiger partial charge >= 0.3 is 0 Å². The van der Waals surface area contributed by atoms with Crippen molar-refractivity contribution in [3.8, 4) is 6.07 Å². The molecule has 2 aromatic rings. The van der Waals surface area contributed by atoms with Gasteiger partial charge in [0.25, 0.3) is 0 Å². The largest absolute Gasteiger partial charge is 0.197 e. The van der Waals surface area contributed by atoms with Crippen LogP contribution in [-0.4, -0.2) is 4.75 Å². The lowest BCUT2D eigenvalue weighted by Gasteiger charge is -2.42. The van der Waals surface area contributed by atoms with Crippen LogP contribution in [0.25, 0.3) is 0 Å². The van der Waals surface area contributed by atoms with Gasteiger partial charge in [-0.1, -0.05) is 41.9 Å². The molecule has 0 aliphatic heterocycles. The Morgan fingerprint density at radius 3 is 2.30 bits per heavy atom. The predicted molar refractivity (Wildman–Crippen MR) is 84.1 cm³/mol. The molecule has 3 heteroatoms. The Morgan fingerprint density at radius 1 is 1.05 bits per heavy atom. The quantitative estimate of drug-likeness (QED) is 0.770. The first-order valence-electron chi connectivity index (χ1n) is 6.62. The Kier molecular flexibility index (Phi) is 3.74. The van der Waals surface area contributed by atoms with Crippen molar-refractivity contribution >= 4 is 23.4 Å². The van der Waals surface area contributed by atoms with Gasteiger partial charge in [0, 0.05) is 9.92 Å². The topological polar surface area (TPSA) is 23.8 Å². The average molecular weight is 300 g/mol. The number of hydrogen-bond donors (Lipinski definition) is 0. The van der Waals surface area contributed by atoms with Gasteiger partial charge in [-0.05, 0) is 48.6 Å². The van der Waals surface area contributed by atoms with E-state index in [1.54, 1.807) is 11.8 Å². The van der Waals surface area contributed by atoms with E-state index in [0.29, 0.717) is 5.92 Å². The molecule has 1 aliphatic carbocycles. The number of thioether (sulfide) groups is 1. The number of halogens is 1. The van der Waals surface area contributed by atoms with Crippen LogP contribution in [0.2, 0.25) is 5.02 Å². The summed E-state index contributed by atoms with van der Waals surface area (Å²) in [5.74, 6) is 0.510. The van der Waals surface area contributed by atoms with E-state index in [-0.39, 0.29) is 4.75 Å². The zero-order valence-electron chi connectivity index (χ0n) is 10.9. The number of nitriles is 1.